The van der Waals surface area contributed by atoms with E-state index in [-0.39, 0.29) is 0 Å². The van der Waals surface area contributed by atoms with Gasteiger partial charge in [-0.2, -0.15) is 0 Å². The number of benzene rings is 1. The standard InChI is InChI=1S/C16H22N2O2/c1-4-16(19,5-2)11-18-15-13-7-6-8-14(20-3)12(13)9-10-17-15/h6-10,19H,4-5,11H2,1-3H3,(H,17,18). The molecule has 0 aliphatic rings. The van der Waals surface area contributed by atoms with Gasteiger partial charge in [0.15, 0.2) is 0 Å². The number of anilines is 1. The fourth-order valence-corrected chi connectivity index (χ4v) is 2.25. The Morgan fingerprint density at radius 1 is 1.20 bits per heavy atom. The van der Waals surface area contributed by atoms with Gasteiger partial charge in [0, 0.05) is 23.5 Å². The first kappa shape index (κ1) is 14.6. The molecule has 0 saturated heterocycles. The molecule has 0 spiro atoms. The summed E-state index contributed by atoms with van der Waals surface area (Å²) >= 11 is 0. The molecule has 0 bridgehead atoms. The summed E-state index contributed by atoms with van der Waals surface area (Å²) in [5, 5.41) is 15.6. The monoisotopic (exact) mass is 274 g/mol. The topological polar surface area (TPSA) is 54.4 Å². The zero-order valence-electron chi connectivity index (χ0n) is 12.3. The average Bonchev–Trinajstić information content (AvgIpc) is 2.51. The maximum atomic E-state index is 10.3. The van der Waals surface area contributed by atoms with Crippen molar-refractivity contribution in [2.75, 3.05) is 19.0 Å². The van der Waals surface area contributed by atoms with Crippen molar-refractivity contribution >= 4 is 16.6 Å². The Kier molecular flexibility index (Phi) is 4.45. The van der Waals surface area contributed by atoms with E-state index in [1.165, 1.54) is 0 Å². The molecule has 0 atom stereocenters. The largest absolute Gasteiger partial charge is 0.496 e. The van der Waals surface area contributed by atoms with Crippen molar-refractivity contribution in [3.8, 4) is 5.75 Å². The van der Waals surface area contributed by atoms with Gasteiger partial charge in [0.25, 0.3) is 0 Å². The van der Waals surface area contributed by atoms with E-state index in [0.29, 0.717) is 19.4 Å². The molecule has 2 N–H and O–H groups in total. The van der Waals surface area contributed by atoms with Gasteiger partial charge in [0.1, 0.15) is 11.6 Å². The number of fused-ring (bicyclic) bond motifs is 1. The van der Waals surface area contributed by atoms with Crippen LogP contribution < -0.4 is 10.1 Å². The smallest absolute Gasteiger partial charge is 0.134 e. The summed E-state index contributed by atoms with van der Waals surface area (Å²) in [4.78, 5) is 4.38. The first-order valence-corrected chi connectivity index (χ1v) is 7.01. The number of methoxy groups -OCH3 is 1. The van der Waals surface area contributed by atoms with E-state index in [0.717, 1.165) is 22.3 Å². The lowest BCUT2D eigenvalue weighted by Crippen LogP contribution is -2.35. The van der Waals surface area contributed by atoms with Crippen molar-refractivity contribution in [2.45, 2.75) is 32.3 Å². The van der Waals surface area contributed by atoms with Crippen LogP contribution in [0.3, 0.4) is 0 Å². The Hall–Kier alpha value is -1.81. The second-order valence-corrected chi connectivity index (χ2v) is 5.00. The molecular formula is C16H22N2O2. The van der Waals surface area contributed by atoms with Crippen LogP contribution in [0.2, 0.25) is 0 Å². The van der Waals surface area contributed by atoms with Crippen LogP contribution in [0.15, 0.2) is 30.5 Å². The summed E-state index contributed by atoms with van der Waals surface area (Å²) in [6.45, 7) is 4.47. The lowest BCUT2D eigenvalue weighted by atomic mass is 9.97. The quantitative estimate of drug-likeness (QED) is 0.849. The van der Waals surface area contributed by atoms with Gasteiger partial charge in [0.05, 0.1) is 12.7 Å². The SMILES string of the molecule is CCC(O)(CC)CNc1nccc2c(OC)cccc12. The highest BCUT2D eigenvalue weighted by Crippen LogP contribution is 2.29. The molecule has 0 fully saturated rings. The van der Waals surface area contributed by atoms with Gasteiger partial charge in [-0.3, -0.25) is 0 Å². The number of ether oxygens (including phenoxy) is 1. The Morgan fingerprint density at radius 2 is 1.95 bits per heavy atom. The number of hydrogen-bond donors (Lipinski definition) is 2. The van der Waals surface area contributed by atoms with Crippen molar-refractivity contribution in [3.05, 3.63) is 30.5 Å². The zero-order valence-corrected chi connectivity index (χ0v) is 12.3. The van der Waals surface area contributed by atoms with Crippen LogP contribution in [0.1, 0.15) is 26.7 Å². The van der Waals surface area contributed by atoms with Crippen LogP contribution in [-0.2, 0) is 0 Å². The number of rotatable bonds is 6. The first-order valence-electron chi connectivity index (χ1n) is 7.01. The molecule has 2 rings (SSSR count). The minimum Gasteiger partial charge on any atom is -0.496 e. The number of pyridine rings is 1. The van der Waals surface area contributed by atoms with Crippen molar-refractivity contribution in [1.82, 2.24) is 4.98 Å². The van der Waals surface area contributed by atoms with E-state index in [4.69, 9.17) is 4.74 Å². The fourth-order valence-electron chi connectivity index (χ4n) is 2.25. The number of aliphatic hydroxyl groups is 1. The van der Waals surface area contributed by atoms with Crippen LogP contribution in [0.25, 0.3) is 10.8 Å². The highest BCUT2D eigenvalue weighted by atomic mass is 16.5. The number of nitrogens with zero attached hydrogens (tertiary/aromatic N) is 1. The Labute approximate surface area is 119 Å². The normalized spacial score (nSPS) is 11.6. The van der Waals surface area contributed by atoms with E-state index in [1.54, 1.807) is 13.3 Å². The molecule has 0 radical (unpaired) electrons. The number of hydrogen-bond acceptors (Lipinski definition) is 4. The average molecular weight is 274 g/mol. The van der Waals surface area contributed by atoms with Gasteiger partial charge < -0.3 is 15.2 Å². The van der Waals surface area contributed by atoms with Crippen LogP contribution in [0.5, 0.6) is 5.75 Å². The summed E-state index contributed by atoms with van der Waals surface area (Å²) in [6, 6.07) is 7.82. The lowest BCUT2D eigenvalue weighted by Gasteiger charge is -2.26. The second-order valence-electron chi connectivity index (χ2n) is 5.00. The van der Waals surface area contributed by atoms with Gasteiger partial charge in [-0.05, 0) is 25.0 Å². The van der Waals surface area contributed by atoms with Crippen LogP contribution >= 0.6 is 0 Å². The molecule has 4 heteroatoms. The van der Waals surface area contributed by atoms with E-state index in [2.05, 4.69) is 10.3 Å². The molecule has 4 nitrogen and oxygen atoms in total. The van der Waals surface area contributed by atoms with Crippen molar-refractivity contribution in [1.29, 1.82) is 0 Å². The first-order chi connectivity index (χ1) is 9.63. The van der Waals surface area contributed by atoms with Crippen LogP contribution in [0, 0.1) is 0 Å². The molecule has 0 saturated carbocycles. The minimum absolute atomic E-state index is 0.489. The summed E-state index contributed by atoms with van der Waals surface area (Å²) in [5.41, 5.74) is -0.692. The lowest BCUT2D eigenvalue weighted by molar-refractivity contribution is 0.0456. The molecule has 0 aliphatic heterocycles. The Balaban J connectivity index is 2.31. The predicted octanol–water partition coefficient (Wildman–Crippen LogP) is 3.21. The molecule has 20 heavy (non-hydrogen) atoms. The summed E-state index contributed by atoms with van der Waals surface area (Å²) in [7, 11) is 1.66. The Morgan fingerprint density at radius 3 is 2.60 bits per heavy atom. The molecular weight excluding hydrogens is 252 g/mol. The number of nitrogens with one attached hydrogen (secondary N) is 1. The molecule has 1 heterocycles. The molecule has 1 aromatic heterocycles. The minimum atomic E-state index is -0.692. The Bertz CT molecular complexity index is 580. The van der Waals surface area contributed by atoms with Crippen LogP contribution in [0.4, 0.5) is 5.82 Å². The molecule has 0 amide bonds. The fraction of sp³-hybridized carbons (Fsp3) is 0.438. The van der Waals surface area contributed by atoms with Gasteiger partial charge in [-0.1, -0.05) is 26.0 Å². The van der Waals surface area contributed by atoms with E-state index >= 15 is 0 Å². The highest BCUT2D eigenvalue weighted by molar-refractivity contribution is 5.95. The van der Waals surface area contributed by atoms with E-state index in [1.807, 2.05) is 38.1 Å². The summed E-state index contributed by atoms with van der Waals surface area (Å²) < 4.78 is 5.37. The van der Waals surface area contributed by atoms with E-state index < -0.39 is 5.60 Å². The predicted molar refractivity (Wildman–Crippen MR) is 82.3 cm³/mol. The van der Waals surface area contributed by atoms with E-state index in [9.17, 15) is 5.11 Å². The third-order valence-corrected chi connectivity index (χ3v) is 3.89. The molecule has 108 valence electrons. The maximum absolute atomic E-state index is 10.3. The maximum Gasteiger partial charge on any atom is 0.134 e. The summed E-state index contributed by atoms with van der Waals surface area (Å²) in [5.74, 6) is 1.61. The zero-order chi connectivity index (χ0) is 14.6. The van der Waals surface area contributed by atoms with Crippen LogP contribution in [-0.4, -0.2) is 29.3 Å². The van der Waals surface area contributed by atoms with Gasteiger partial charge in [-0.25, -0.2) is 4.98 Å². The molecule has 0 unspecified atom stereocenters. The molecule has 0 aliphatic carbocycles. The third kappa shape index (κ3) is 2.85. The highest BCUT2D eigenvalue weighted by Gasteiger charge is 2.22. The molecule has 2 aromatic rings. The van der Waals surface area contributed by atoms with Gasteiger partial charge in [-0.15, -0.1) is 0 Å². The van der Waals surface area contributed by atoms with Crippen molar-refractivity contribution in [3.63, 3.8) is 0 Å². The summed E-state index contributed by atoms with van der Waals surface area (Å²) in [6.07, 6.45) is 3.18. The number of aromatic nitrogens is 1. The third-order valence-electron chi connectivity index (χ3n) is 3.89. The van der Waals surface area contributed by atoms with Crippen molar-refractivity contribution in [2.24, 2.45) is 0 Å². The molecule has 1 aromatic carbocycles. The van der Waals surface area contributed by atoms with Gasteiger partial charge >= 0.3 is 0 Å². The van der Waals surface area contributed by atoms with Gasteiger partial charge in [0.2, 0.25) is 0 Å². The van der Waals surface area contributed by atoms with Crippen molar-refractivity contribution < 1.29 is 9.84 Å². The second kappa shape index (κ2) is 6.09.